The number of amides is 1. The van der Waals surface area contributed by atoms with E-state index in [1.165, 1.54) is 4.40 Å². The Morgan fingerprint density at radius 1 is 1.27 bits per heavy atom. The quantitative estimate of drug-likeness (QED) is 0.299. The second-order valence-electron chi connectivity index (χ2n) is 6.86. The highest BCUT2D eigenvalue weighted by Gasteiger charge is 2.19. The molecule has 0 aliphatic carbocycles. The van der Waals surface area contributed by atoms with Crippen LogP contribution in [-0.4, -0.2) is 46.6 Å². The van der Waals surface area contributed by atoms with E-state index in [1.807, 2.05) is 4.57 Å². The first-order valence-corrected chi connectivity index (χ1v) is 10.6. The van der Waals surface area contributed by atoms with Crippen LogP contribution in [0.4, 0.5) is 0 Å². The number of nitrogens with zero attached hydrogens (tertiary/aromatic N) is 6. The number of aromatic amines is 1. The Kier molecular flexibility index (Phi) is 5.88. The average molecular weight is 473 g/mol. The summed E-state index contributed by atoms with van der Waals surface area (Å²) >= 11 is 3.32. The summed E-state index contributed by atoms with van der Waals surface area (Å²) < 4.78 is 3.90. The minimum Gasteiger partial charge on any atom is -0.350 e. The Morgan fingerprint density at radius 3 is 2.90 bits per heavy atom. The molecule has 11 heteroatoms. The number of rotatable bonds is 8. The highest BCUT2D eigenvalue weighted by Crippen LogP contribution is 2.16. The van der Waals surface area contributed by atoms with Crippen molar-refractivity contribution in [2.24, 2.45) is 0 Å². The van der Waals surface area contributed by atoms with Gasteiger partial charge in [-0.25, -0.2) is 9.38 Å². The van der Waals surface area contributed by atoms with E-state index in [0.29, 0.717) is 52.7 Å². The van der Waals surface area contributed by atoms with Crippen molar-refractivity contribution in [1.82, 2.24) is 39.4 Å². The molecule has 0 saturated heterocycles. The van der Waals surface area contributed by atoms with Crippen LogP contribution < -0.4 is 10.9 Å². The van der Waals surface area contributed by atoms with Crippen LogP contribution in [0.1, 0.15) is 42.5 Å². The molecular weight excluding hydrogens is 452 g/mol. The summed E-state index contributed by atoms with van der Waals surface area (Å²) in [6, 6.07) is 5.14. The Labute approximate surface area is 179 Å². The van der Waals surface area contributed by atoms with Crippen LogP contribution in [0.15, 0.2) is 33.9 Å². The molecule has 30 heavy (non-hydrogen) atoms. The topological polar surface area (TPSA) is 123 Å². The summed E-state index contributed by atoms with van der Waals surface area (Å²) in [5.74, 6) is 0.656. The smallest absolute Gasteiger partial charge is 0.286 e. The van der Waals surface area contributed by atoms with Gasteiger partial charge in [-0.3, -0.25) is 19.1 Å². The van der Waals surface area contributed by atoms with Crippen molar-refractivity contribution in [3.63, 3.8) is 0 Å². The largest absolute Gasteiger partial charge is 0.350 e. The number of carbonyl (C=O) groups excluding carboxylic acids is 1. The highest BCUT2D eigenvalue weighted by atomic mass is 79.9. The molecule has 0 radical (unpaired) electrons. The minimum atomic E-state index is -0.277. The Bertz CT molecular complexity index is 1240. The number of unbranched alkanes of at least 4 members (excludes halogenated alkanes) is 2. The van der Waals surface area contributed by atoms with Crippen LogP contribution in [0.2, 0.25) is 0 Å². The minimum absolute atomic E-state index is 0.263. The van der Waals surface area contributed by atoms with Gasteiger partial charge in [0.15, 0.2) is 15.9 Å². The number of hydrogen-bond acceptors (Lipinski definition) is 6. The van der Waals surface area contributed by atoms with Gasteiger partial charge in [0, 0.05) is 25.7 Å². The van der Waals surface area contributed by atoms with Crippen LogP contribution in [0, 0.1) is 0 Å². The van der Waals surface area contributed by atoms with Crippen molar-refractivity contribution in [3.05, 3.63) is 51.0 Å². The van der Waals surface area contributed by atoms with Crippen LogP contribution in [0.3, 0.4) is 0 Å². The van der Waals surface area contributed by atoms with Gasteiger partial charge in [-0.1, -0.05) is 25.8 Å². The second-order valence-corrected chi connectivity index (χ2v) is 7.61. The van der Waals surface area contributed by atoms with Gasteiger partial charge in [0.25, 0.3) is 11.5 Å². The maximum atomic E-state index is 13.1. The van der Waals surface area contributed by atoms with Gasteiger partial charge in [-0.05, 0) is 34.5 Å². The number of pyridine rings is 1. The fourth-order valence-corrected chi connectivity index (χ4v) is 3.71. The second kappa shape index (κ2) is 8.74. The molecule has 10 nitrogen and oxygen atoms in total. The number of carbonyl (C=O) groups is 1. The van der Waals surface area contributed by atoms with Gasteiger partial charge in [0.1, 0.15) is 11.5 Å². The average Bonchev–Trinajstić information content (AvgIpc) is 3.35. The van der Waals surface area contributed by atoms with Crippen molar-refractivity contribution in [1.29, 1.82) is 0 Å². The fourth-order valence-electron chi connectivity index (χ4n) is 3.34. The summed E-state index contributed by atoms with van der Waals surface area (Å²) in [6.45, 7) is 3.12. The summed E-state index contributed by atoms with van der Waals surface area (Å²) in [7, 11) is 0. The fraction of sp³-hybridized carbons (Fsp3) is 0.368. The zero-order valence-corrected chi connectivity index (χ0v) is 18.0. The predicted octanol–water partition coefficient (Wildman–Crippen LogP) is 2.09. The molecule has 0 spiro atoms. The summed E-state index contributed by atoms with van der Waals surface area (Å²) in [5, 5.41) is 11.3. The molecule has 0 atom stereocenters. The molecule has 156 valence electrons. The standard InChI is InChI=1S/C19H21BrN8O2/c1-2-3-6-11-27-15-14(23-18(20)24-15)17(30)28-13(25-26-19(27)28)8-10-22-16(29)12-7-4-5-9-21-12/h4-5,7,9H,2-3,6,8,10-11H2,1H3,(H,22,29)(H,23,24). The molecule has 4 aromatic rings. The van der Waals surface area contributed by atoms with E-state index >= 15 is 0 Å². The van der Waals surface area contributed by atoms with E-state index in [1.54, 1.807) is 24.4 Å². The molecule has 0 bridgehead atoms. The predicted molar refractivity (Wildman–Crippen MR) is 114 cm³/mol. The van der Waals surface area contributed by atoms with Gasteiger partial charge in [0.05, 0.1) is 0 Å². The number of aryl methyl sites for hydroxylation is 1. The van der Waals surface area contributed by atoms with Crippen LogP contribution >= 0.6 is 15.9 Å². The monoisotopic (exact) mass is 472 g/mol. The maximum Gasteiger partial charge on any atom is 0.286 e. The van der Waals surface area contributed by atoms with Crippen LogP contribution in [0.5, 0.6) is 0 Å². The van der Waals surface area contributed by atoms with E-state index in [0.717, 1.165) is 19.3 Å². The van der Waals surface area contributed by atoms with E-state index in [4.69, 9.17) is 0 Å². The van der Waals surface area contributed by atoms with Gasteiger partial charge >= 0.3 is 0 Å². The van der Waals surface area contributed by atoms with Gasteiger partial charge in [-0.2, -0.15) is 0 Å². The lowest BCUT2D eigenvalue weighted by Crippen LogP contribution is -2.28. The molecule has 1 amide bonds. The number of fused-ring (bicyclic) bond motifs is 2. The molecule has 4 heterocycles. The summed E-state index contributed by atoms with van der Waals surface area (Å²) in [5.41, 5.74) is 1.02. The molecule has 4 aromatic heterocycles. The zero-order chi connectivity index (χ0) is 21.1. The molecule has 4 rings (SSSR count). The number of imidazole rings is 1. The lowest BCUT2D eigenvalue weighted by molar-refractivity contribution is 0.0949. The number of aromatic nitrogens is 7. The number of H-pyrrole nitrogens is 1. The van der Waals surface area contributed by atoms with Crippen molar-refractivity contribution < 1.29 is 4.79 Å². The third-order valence-electron chi connectivity index (χ3n) is 4.80. The first-order chi connectivity index (χ1) is 14.6. The van der Waals surface area contributed by atoms with E-state index in [2.05, 4.69) is 53.3 Å². The van der Waals surface area contributed by atoms with Crippen LogP contribution in [-0.2, 0) is 13.0 Å². The van der Waals surface area contributed by atoms with Gasteiger partial charge < -0.3 is 10.3 Å². The molecule has 2 N–H and O–H groups in total. The molecule has 0 aromatic carbocycles. The van der Waals surface area contributed by atoms with Crippen molar-refractivity contribution in [2.45, 2.75) is 39.2 Å². The summed E-state index contributed by atoms with van der Waals surface area (Å²) in [6.07, 6.45) is 5.00. The Morgan fingerprint density at radius 2 is 2.13 bits per heavy atom. The Hall–Kier alpha value is -3.08. The van der Waals surface area contributed by atoms with E-state index in [9.17, 15) is 9.59 Å². The molecule has 0 fully saturated rings. The summed E-state index contributed by atoms with van der Waals surface area (Å²) in [4.78, 5) is 36.7. The maximum absolute atomic E-state index is 13.1. The van der Waals surface area contributed by atoms with Crippen molar-refractivity contribution in [2.75, 3.05) is 6.54 Å². The number of hydrogen-bond donors (Lipinski definition) is 2. The van der Waals surface area contributed by atoms with Gasteiger partial charge in [-0.15, -0.1) is 10.2 Å². The molecular formula is C19H21BrN8O2. The third-order valence-corrected chi connectivity index (χ3v) is 5.18. The normalized spacial score (nSPS) is 11.4. The Balaban J connectivity index is 1.63. The number of halogens is 1. The van der Waals surface area contributed by atoms with E-state index < -0.39 is 0 Å². The van der Waals surface area contributed by atoms with Crippen LogP contribution in [0.25, 0.3) is 16.9 Å². The first kappa shape index (κ1) is 20.2. The van der Waals surface area contributed by atoms with E-state index in [-0.39, 0.29) is 11.5 Å². The molecule has 0 aliphatic heterocycles. The zero-order valence-electron chi connectivity index (χ0n) is 16.4. The van der Waals surface area contributed by atoms with Crippen molar-refractivity contribution in [3.8, 4) is 0 Å². The third kappa shape index (κ3) is 3.84. The molecule has 0 unspecified atom stereocenters. The lowest BCUT2D eigenvalue weighted by Gasteiger charge is -2.09. The van der Waals surface area contributed by atoms with Gasteiger partial charge in [0.2, 0.25) is 5.78 Å². The van der Waals surface area contributed by atoms with Crippen molar-refractivity contribution >= 4 is 38.8 Å². The SMILES string of the molecule is CCCCCn1c2nc(Br)[nH]c2c(=O)n2c(CCNC(=O)c3ccccn3)nnc12. The molecule has 0 aliphatic rings. The number of nitrogens with one attached hydrogen (secondary N) is 2. The lowest BCUT2D eigenvalue weighted by atomic mass is 10.2. The molecule has 0 saturated carbocycles. The highest BCUT2D eigenvalue weighted by molar-refractivity contribution is 9.10. The first-order valence-electron chi connectivity index (χ1n) is 9.81.